The van der Waals surface area contributed by atoms with Gasteiger partial charge in [0.2, 0.25) is 5.91 Å². The molecule has 1 heterocycles. The number of carbonyl (C=O) groups excluding carboxylic acids is 1. The number of hydrogen-bond acceptors (Lipinski definition) is 7. The standard InChI is InChI=1S/C24H28N2O7/c1-30-16-9-11-20(31-2)17(13-16)19-14-18(15-8-10-21(32-3)22(12-15)33-4)25-26(19)23(27)6-5-7-24(28)29/h8-13,19H,5-7,14H2,1-4H3,(H,28,29)/t19-/m0/s1. The highest BCUT2D eigenvalue weighted by molar-refractivity contribution is 6.03. The number of amides is 1. The van der Waals surface area contributed by atoms with Crippen LogP contribution in [0.4, 0.5) is 0 Å². The number of nitrogens with zero attached hydrogens (tertiary/aromatic N) is 2. The molecular formula is C24H28N2O7. The van der Waals surface area contributed by atoms with E-state index >= 15 is 0 Å². The summed E-state index contributed by atoms with van der Waals surface area (Å²) in [6.45, 7) is 0. The summed E-state index contributed by atoms with van der Waals surface area (Å²) in [5.74, 6) is 1.18. The zero-order valence-corrected chi connectivity index (χ0v) is 19.2. The van der Waals surface area contributed by atoms with E-state index in [0.29, 0.717) is 35.1 Å². The van der Waals surface area contributed by atoms with Crippen molar-refractivity contribution in [3.8, 4) is 23.0 Å². The number of hydrogen-bond donors (Lipinski definition) is 1. The first-order valence-electron chi connectivity index (χ1n) is 10.5. The van der Waals surface area contributed by atoms with Crippen molar-refractivity contribution in [3.63, 3.8) is 0 Å². The zero-order valence-electron chi connectivity index (χ0n) is 19.2. The quantitative estimate of drug-likeness (QED) is 0.581. The minimum absolute atomic E-state index is 0.0673. The highest BCUT2D eigenvalue weighted by Gasteiger charge is 2.35. The molecule has 0 spiro atoms. The molecule has 0 saturated carbocycles. The fourth-order valence-corrected chi connectivity index (χ4v) is 3.78. The van der Waals surface area contributed by atoms with Gasteiger partial charge in [-0.2, -0.15) is 5.10 Å². The van der Waals surface area contributed by atoms with E-state index in [0.717, 1.165) is 11.1 Å². The Labute approximate surface area is 192 Å². The molecule has 9 nitrogen and oxygen atoms in total. The van der Waals surface area contributed by atoms with E-state index in [1.165, 1.54) is 5.01 Å². The highest BCUT2D eigenvalue weighted by atomic mass is 16.5. The molecule has 1 atom stereocenters. The molecule has 1 N–H and O–H groups in total. The van der Waals surface area contributed by atoms with E-state index in [1.807, 2.05) is 18.2 Å². The molecule has 0 saturated heterocycles. The van der Waals surface area contributed by atoms with Crippen molar-refractivity contribution in [3.05, 3.63) is 47.5 Å². The fourth-order valence-electron chi connectivity index (χ4n) is 3.78. The van der Waals surface area contributed by atoms with Gasteiger partial charge in [-0.3, -0.25) is 9.59 Å². The number of carbonyl (C=O) groups is 2. The van der Waals surface area contributed by atoms with Crippen LogP contribution in [0.5, 0.6) is 23.0 Å². The summed E-state index contributed by atoms with van der Waals surface area (Å²) < 4.78 is 21.7. The van der Waals surface area contributed by atoms with Crippen molar-refractivity contribution in [2.24, 2.45) is 5.10 Å². The molecule has 0 fully saturated rings. The second kappa shape index (κ2) is 10.7. The number of carboxylic acid groups (broad SMARTS) is 1. The second-order valence-corrected chi connectivity index (χ2v) is 7.43. The normalized spacial score (nSPS) is 15.1. The Balaban J connectivity index is 1.99. The van der Waals surface area contributed by atoms with Gasteiger partial charge in [0, 0.05) is 30.4 Å². The van der Waals surface area contributed by atoms with Gasteiger partial charge in [0.05, 0.1) is 40.2 Å². The summed E-state index contributed by atoms with van der Waals surface area (Å²) in [6, 6.07) is 10.4. The van der Waals surface area contributed by atoms with Crippen LogP contribution >= 0.6 is 0 Å². The smallest absolute Gasteiger partial charge is 0.303 e. The number of carboxylic acids is 1. The number of ether oxygens (including phenoxy) is 4. The van der Waals surface area contributed by atoms with E-state index in [9.17, 15) is 9.59 Å². The molecule has 0 bridgehead atoms. The third kappa shape index (κ3) is 5.36. The first kappa shape index (κ1) is 23.9. The lowest BCUT2D eigenvalue weighted by atomic mass is 9.97. The zero-order chi connectivity index (χ0) is 24.0. The molecule has 2 aromatic rings. The van der Waals surface area contributed by atoms with Crippen molar-refractivity contribution in [2.45, 2.75) is 31.7 Å². The summed E-state index contributed by atoms with van der Waals surface area (Å²) in [4.78, 5) is 24.0. The number of rotatable bonds is 10. The van der Waals surface area contributed by atoms with Crippen molar-refractivity contribution in [2.75, 3.05) is 28.4 Å². The fraction of sp³-hybridized carbons (Fsp3) is 0.375. The Bertz CT molecular complexity index is 1050. The van der Waals surface area contributed by atoms with Gasteiger partial charge in [0.15, 0.2) is 11.5 Å². The number of methoxy groups -OCH3 is 4. The van der Waals surface area contributed by atoms with Gasteiger partial charge in [-0.05, 0) is 42.8 Å². The van der Waals surface area contributed by atoms with Crippen molar-refractivity contribution < 1.29 is 33.6 Å². The molecule has 0 radical (unpaired) electrons. The summed E-state index contributed by atoms with van der Waals surface area (Å²) in [7, 11) is 6.25. The van der Waals surface area contributed by atoms with Crippen LogP contribution in [-0.4, -0.2) is 56.1 Å². The van der Waals surface area contributed by atoms with Gasteiger partial charge < -0.3 is 24.1 Å². The summed E-state index contributed by atoms with van der Waals surface area (Å²) in [5.41, 5.74) is 2.24. The summed E-state index contributed by atoms with van der Waals surface area (Å²) in [6.07, 6.45) is 0.647. The largest absolute Gasteiger partial charge is 0.497 e. The molecule has 0 aliphatic carbocycles. The molecule has 9 heteroatoms. The Kier molecular flexibility index (Phi) is 7.76. The Hall–Kier alpha value is -3.75. The first-order chi connectivity index (χ1) is 15.9. The lowest BCUT2D eigenvalue weighted by molar-refractivity contribution is -0.137. The maximum Gasteiger partial charge on any atom is 0.303 e. The Morgan fingerprint density at radius 1 is 0.939 bits per heavy atom. The van der Waals surface area contributed by atoms with Gasteiger partial charge >= 0.3 is 5.97 Å². The third-order valence-corrected chi connectivity index (χ3v) is 5.46. The topological polar surface area (TPSA) is 107 Å². The molecular weight excluding hydrogens is 428 g/mol. The predicted molar refractivity (Wildman–Crippen MR) is 121 cm³/mol. The van der Waals surface area contributed by atoms with Crippen LogP contribution in [0, 0.1) is 0 Å². The molecule has 176 valence electrons. The minimum Gasteiger partial charge on any atom is -0.497 e. The van der Waals surface area contributed by atoms with Crippen LogP contribution in [0.3, 0.4) is 0 Å². The molecule has 33 heavy (non-hydrogen) atoms. The van der Waals surface area contributed by atoms with Crippen molar-refractivity contribution in [1.82, 2.24) is 5.01 Å². The highest BCUT2D eigenvalue weighted by Crippen LogP contribution is 2.40. The Morgan fingerprint density at radius 2 is 1.64 bits per heavy atom. The first-order valence-corrected chi connectivity index (χ1v) is 10.5. The second-order valence-electron chi connectivity index (χ2n) is 7.43. The molecule has 0 aromatic heterocycles. The van der Waals surface area contributed by atoms with Crippen LogP contribution in [0.15, 0.2) is 41.5 Å². The van der Waals surface area contributed by atoms with E-state index in [1.54, 1.807) is 46.6 Å². The Morgan fingerprint density at radius 3 is 2.27 bits per heavy atom. The average Bonchev–Trinajstić information content (AvgIpc) is 3.28. The van der Waals surface area contributed by atoms with E-state index in [-0.39, 0.29) is 25.2 Å². The average molecular weight is 456 g/mol. The van der Waals surface area contributed by atoms with Gasteiger partial charge in [-0.25, -0.2) is 5.01 Å². The predicted octanol–water partition coefficient (Wildman–Crippen LogP) is 3.65. The van der Waals surface area contributed by atoms with Gasteiger partial charge in [-0.1, -0.05) is 0 Å². The van der Waals surface area contributed by atoms with E-state index in [4.69, 9.17) is 24.1 Å². The summed E-state index contributed by atoms with van der Waals surface area (Å²) in [5, 5.41) is 15.0. The maximum absolute atomic E-state index is 13.1. The SMILES string of the molecule is COc1ccc(OC)c([C@@H]2CC(c3ccc(OC)c(OC)c3)=NN2C(=O)CCCC(=O)O)c1. The van der Waals surface area contributed by atoms with Crippen LogP contribution < -0.4 is 18.9 Å². The molecule has 1 aliphatic heterocycles. The molecule has 1 amide bonds. The lowest BCUT2D eigenvalue weighted by Crippen LogP contribution is -2.27. The molecule has 1 aliphatic rings. The van der Waals surface area contributed by atoms with Gasteiger partial charge in [-0.15, -0.1) is 0 Å². The number of benzene rings is 2. The molecule has 2 aromatic carbocycles. The maximum atomic E-state index is 13.1. The monoisotopic (exact) mass is 456 g/mol. The van der Waals surface area contributed by atoms with Crippen LogP contribution in [0.1, 0.15) is 42.9 Å². The van der Waals surface area contributed by atoms with E-state index in [2.05, 4.69) is 5.10 Å². The van der Waals surface area contributed by atoms with Gasteiger partial charge in [0.25, 0.3) is 0 Å². The summed E-state index contributed by atoms with van der Waals surface area (Å²) >= 11 is 0. The molecule has 3 rings (SSSR count). The van der Waals surface area contributed by atoms with Crippen molar-refractivity contribution >= 4 is 17.6 Å². The van der Waals surface area contributed by atoms with Gasteiger partial charge in [0.1, 0.15) is 11.5 Å². The lowest BCUT2D eigenvalue weighted by Gasteiger charge is -2.24. The minimum atomic E-state index is -0.940. The van der Waals surface area contributed by atoms with Crippen LogP contribution in [-0.2, 0) is 9.59 Å². The van der Waals surface area contributed by atoms with Crippen LogP contribution in [0.25, 0.3) is 0 Å². The number of aliphatic carboxylic acids is 1. The van der Waals surface area contributed by atoms with E-state index < -0.39 is 12.0 Å². The molecule has 0 unspecified atom stereocenters. The third-order valence-electron chi connectivity index (χ3n) is 5.46. The van der Waals surface area contributed by atoms with Crippen LogP contribution in [0.2, 0.25) is 0 Å². The number of hydrazone groups is 1. The van der Waals surface area contributed by atoms with Crippen molar-refractivity contribution in [1.29, 1.82) is 0 Å².